The molecule has 0 saturated carbocycles. The maximum atomic E-state index is 5.87. The van der Waals surface area contributed by atoms with Crippen LogP contribution < -0.4 is 15.0 Å². The van der Waals surface area contributed by atoms with Crippen LogP contribution in [0.3, 0.4) is 0 Å². The number of benzene rings is 1. The lowest BCUT2D eigenvalue weighted by Gasteiger charge is -2.29. The predicted octanol–water partition coefficient (Wildman–Crippen LogP) is 2.72. The molecule has 2 heterocycles. The zero-order chi connectivity index (χ0) is 14.5. The SMILES string of the molecule is Clc1ccc(COc2cncc(N3CCNCC3)c2)cc1. The molecule has 0 amide bonds. The predicted molar refractivity (Wildman–Crippen MR) is 85.1 cm³/mol. The highest BCUT2D eigenvalue weighted by Gasteiger charge is 2.11. The lowest BCUT2D eigenvalue weighted by atomic mass is 10.2. The molecule has 0 atom stereocenters. The maximum Gasteiger partial charge on any atom is 0.140 e. The Hall–Kier alpha value is -1.78. The van der Waals surface area contributed by atoms with Gasteiger partial charge in [0.2, 0.25) is 0 Å². The number of piperazine rings is 1. The molecule has 0 spiro atoms. The van der Waals surface area contributed by atoms with E-state index < -0.39 is 0 Å². The topological polar surface area (TPSA) is 37.4 Å². The summed E-state index contributed by atoms with van der Waals surface area (Å²) >= 11 is 5.87. The van der Waals surface area contributed by atoms with E-state index in [0.29, 0.717) is 6.61 Å². The maximum absolute atomic E-state index is 5.87. The van der Waals surface area contributed by atoms with Crippen molar-refractivity contribution in [1.82, 2.24) is 10.3 Å². The summed E-state index contributed by atoms with van der Waals surface area (Å²) in [6.45, 7) is 4.54. The summed E-state index contributed by atoms with van der Waals surface area (Å²) in [4.78, 5) is 6.60. The fraction of sp³-hybridized carbons (Fsp3) is 0.312. The molecule has 1 aliphatic rings. The summed E-state index contributed by atoms with van der Waals surface area (Å²) in [5, 5.41) is 4.08. The molecule has 1 aromatic heterocycles. The van der Waals surface area contributed by atoms with Crippen molar-refractivity contribution in [3.8, 4) is 5.75 Å². The number of nitrogens with zero attached hydrogens (tertiary/aromatic N) is 2. The number of halogens is 1. The van der Waals surface area contributed by atoms with Crippen LogP contribution in [0.1, 0.15) is 5.56 Å². The van der Waals surface area contributed by atoms with E-state index in [1.165, 1.54) is 0 Å². The minimum atomic E-state index is 0.518. The molecule has 0 radical (unpaired) electrons. The van der Waals surface area contributed by atoms with Gasteiger partial charge >= 0.3 is 0 Å². The fourth-order valence-electron chi connectivity index (χ4n) is 2.33. The molecule has 0 unspecified atom stereocenters. The van der Waals surface area contributed by atoms with Gasteiger partial charge in [-0.05, 0) is 17.7 Å². The molecule has 4 nitrogen and oxygen atoms in total. The van der Waals surface area contributed by atoms with Gasteiger partial charge < -0.3 is 15.0 Å². The van der Waals surface area contributed by atoms with Gasteiger partial charge in [0.05, 0.1) is 18.1 Å². The van der Waals surface area contributed by atoms with Crippen molar-refractivity contribution in [2.75, 3.05) is 31.1 Å². The molecule has 1 fully saturated rings. The molecular weight excluding hydrogens is 286 g/mol. The van der Waals surface area contributed by atoms with Crippen LogP contribution in [0, 0.1) is 0 Å². The second-order valence-electron chi connectivity index (χ2n) is 5.03. The molecule has 3 rings (SSSR count). The van der Waals surface area contributed by atoms with Crippen LogP contribution in [0.4, 0.5) is 5.69 Å². The Morgan fingerprint density at radius 1 is 1.14 bits per heavy atom. The highest BCUT2D eigenvalue weighted by atomic mass is 35.5. The standard InChI is InChI=1S/C16H18ClN3O/c17-14-3-1-13(2-4-14)12-21-16-9-15(10-19-11-16)20-7-5-18-6-8-20/h1-4,9-11,18H,5-8,12H2. The molecule has 0 bridgehead atoms. The van der Waals surface area contributed by atoms with Gasteiger partial charge in [-0.3, -0.25) is 4.98 Å². The van der Waals surface area contributed by atoms with E-state index in [0.717, 1.165) is 48.2 Å². The first-order valence-electron chi connectivity index (χ1n) is 7.09. The van der Waals surface area contributed by atoms with Gasteiger partial charge in [-0.25, -0.2) is 0 Å². The van der Waals surface area contributed by atoms with Gasteiger partial charge in [-0.15, -0.1) is 0 Å². The lowest BCUT2D eigenvalue weighted by molar-refractivity contribution is 0.305. The first kappa shape index (κ1) is 14.2. The van der Waals surface area contributed by atoms with Crippen molar-refractivity contribution in [3.63, 3.8) is 0 Å². The van der Waals surface area contributed by atoms with E-state index in [9.17, 15) is 0 Å². The van der Waals surface area contributed by atoms with Gasteiger partial charge in [0, 0.05) is 37.3 Å². The minimum Gasteiger partial charge on any atom is -0.487 e. The van der Waals surface area contributed by atoms with Crippen LogP contribution in [-0.2, 0) is 6.61 Å². The number of nitrogens with one attached hydrogen (secondary N) is 1. The number of hydrogen-bond donors (Lipinski definition) is 1. The Labute approximate surface area is 129 Å². The Bertz CT molecular complexity index is 582. The van der Waals surface area contributed by atoms with E-state index >= 15 is 0 Å². The normalized spacial score (nSPS) is 15.0. The monoisotopic (exact) mass is 303 g/mol. The average Bonchev–Trinajstić information content (AvgIpc) is 2.55. The zero-order valence-corrected chi connectivity index (χ0v) is 12.5. The van der Waals surface area contributed by atoms with Gasteiger partial charge in [0.15, 0.2) is 0 Å². The summed E-state index contributed by atoms with van der Waals surface area (Å²) < 4.78 is 5.82. The molecule has 110 valence electrons. The number of pyridine rings is 1. The van der Waals surface area contributed by atoms with Crippen molar-refractivity contribution < 1.29 is 4.74 Å². The van der Waals surface area contributed by atoms with E-state index in [1.54, 1.807) is 6.20 Å². The van der Waals surface area contributed by atoms with Crippen LogP contribution in [0.25, 0.3) is 0 Å². The number of hydrogen-bond acceptors (Lipinski definition) is 4. The summed E-state index contributed by atoms with van der Waals surface area (Å²) in [5.41, 5.74) is 2.21. The summed E-state index contributed by atoms with van der Waals surface area (Å²) in [5.74, 6) is 0.793. The number of ether oxygens (including phenoxy) is 1. The zero-order valence-electron chi connectivity index (χ0n) is 11.8. The van der Waals surface area contributed by atoms with Gasteiger partial charge in [0.1, 0.15) is 12.4 Å². The number of aromatic nitrogens is 1. The Balaban J connectivity index is 1.64. The molecule has 1 N–H and O–H groups in total. The second kappa shape index (κ2) is 6.78. The molecule has 1 aliphatic heterocycles. The third kappa shape index (κ3) is 3.86. The van der Waals surface area contributed by atoms with Crippen LogP contribution in [0.5, 0.6) is 5.75 Å². The molecule has 5 heteroatoms. The average molecular weight is 304 g/mol. The molecule has 2 aromatic rings. The summed E-state index contributed by atoms with van der Waals surface area (Å²) in [6.07, 6.45) is 3.64. The lowest BCUT2D eigenvalue weighted by Crippen LogP contribution is -2.43. The van der Waals surface area contributed by atoms with Gasteiger partial charge in [0.25, 0.3) is 0 Å². The summed E-state index contributed by atoms with van der Waals surface area (Å²) in [6, 6.07) is 9.73. The fourth-order valence-corrected chi connectivity index (χ4v) is 2.46. The molecule has 1 saturated heterocycles. The van der Waals surface area contributed by atoms with E-state index in [1.807, 2.05) is 36.5 Å². The van der Waals surface area contributed by atoms with E-state index in [4.69, 9.17) is 16.3 Å². The van der Waals surface area contributed by atoms with Crippen molar-refractivity contribution in [1.29, 1.82) is 0 Å². The number of rotatable bonds is 4. The van der Waals surface area contributed by atoms with Crippen molar-refractivity contribution >= 4 is 17.3 Å². The first-order chi connectivity index (χ1) is 10.3. The summed E-state index contributed by atoms with van der Waals surface area (Å²) in [7, 11) is 0. The van der Waals surface area contributed by atoms with Crippen LogP contribution in [-0.4, -0.2) is 31.2 Å². The third-order valence-electron chi connectivity index (χ3n) is 3.50. The van der Waals surface area contributed by atoms with Crippen LogP contribution in [0.15, 0.2) is 42.7 Å². The van der Waals surface area contributed by atoms with Crippen LogP contribution >= 0.6 is 11.6 Å². The first-order valence-corrected chi connectivity index (χ1v) is 7.47. The quantitative estimate of drug-likeness (QED) is 0.942. The highest BCUT2D eigenvalue weighted by Crippen LogP contribution is 2.21. The van der Waals surface area contributed by atoms with Crippen molar-refractivity contribution in [3.05, 3.63) is 53.3 Å². The van der Waals surface area contributed by atoms with Gasteiger partial charge in [-0.1, -0.05) is 23.7 Å². The van der Waals surface area contributed by atoms with E-state index in [2.05, 4.69) is 15.2 Å². The minimum absolute atomic E-state index is 0.518. The molecule has 0 aliphatic carbocycles. The third-order valence-corrected chi connectivity index (χ3v) is 3.75. The van der Waals surface area contributed by atoms with E-state index in [-0.39, 0.29) is 0 Å². The van der Waals surface area contributed by atoms with Gasteiger partial charge in [-0.2, -0.15) is 0 Å². The van der Waals surface area contributed by atoms with Crippen molar-refractivity contribution in [2.24, 2.45) is 0 Å². The Morgan fingerprint density at radius 3 is 2.67 bits per heavy atom. The molecule has 21 heavy (non-hydrogen) atoms. The largest absolute Gasteiger partial charge is 0.487 e. The Morgan fingerprint density at radius 2 is 1.90 bits per heavy atom. The van der Waals surface area contributed by atoms with Crippen molar-refractivity contribution in [2.45, 2.75) is 6.61 Å². The molecular formula is C16H18ClN3O. The highest BCUT2D eigenvalue weighted by molar-refractivity contribution is 6.30. The number of anilines is 1. The smallest absolute Gasteiger partial charge is 0.140 e. The Kier molecular flexibility index (Phi) is 4.58. The second-order valence-corrected chi connectivity index (χ2v) is 5.47. The molecule has 1 aromatic carbocycles. The van der Waals surface area contributed by atoms with Crippen LogP contribution in [0.2, 0.25) is 5.02 Å².